The van der Waals surface area contributed by atoms with Crippen molar-refractivity contribution < 1.29 is 22.3 Å². The van der Waals surface area contributed by atoms with Crippen LogP contribution in [0, 0.1) is 5.82 Å². The lowest BCUT2D eigenvalue weighted by Gasteiger charge is -2.08. The summed E-state index contributed by atoms with van der Waals surface area (Å²) >= 11 is 11.7. The molecule has 1 heterocycles. The van der Waals surface area contributed by atoms with E-state index < -0.39 is 38.2 Å². The van der Waals surface area contributed by atoms with E-state index in [0.29, 0.717) is 10.6 Å². The number of hydrogen-bond acceptors (Lipinski definition) is 6. The summed E-state index contributed by atoms with van der Waals surface area (Å²) in [4.78, 5) is 19.7. The van der Waals surface area contributed by atoms with Gasteiger partial charge in [-0.25, -0.2) is 27.6 Å². The molecule has 0 aliphatic heterocycles. The molecule has 0 amide bonds. The van der Waals surface area contributed by atoms with Gasteiger partial charge in [-0.1, -0.05) is 47.5 Å². The maximum absolute atomic E-state index is 13.7. The van der Waals surface area contributed by atoms with Crippen LogP contribution in [0.4, 0.5) is 4.39 Å². The SMILES string of the molecule is O=C(Oc1ccccc1F)c1nc(S(=O)(=O)Cc2ccc(Cl)cc2)ncc1Cl. The van der Waals surface area contributed by atoms with E-state index >= 15 is 0 Å². The summed E-state index contributed by atoms with van der Waals surface area (Å²) < 4.78 is 43.7. The van der Waals surface area contributed by atoms with Crippen molar-refractivity contribution >= 4 is 39.0 Å². The molecule has 0 unspecified atom stereocenters. The zero-order valence-electron chi connectivity index (χ0n) is 14.0. The third-order valence-electron chi connectivity index (χ3n) is 3.50. The second-order valence-corrected chi connectivity index (χ2v) is 8.28. The summed E-state index contributed by atoms with van der Waals surface area (Å²) in [5.74, 6) is -2.63. The molecule has 28 heavy (non-hydrogen) atoms. The Bertz CT molecular complexity index is 1140. The molecule has 2 aromatic carbocycles. The summed E-state index contributed by atoms with van der Waals surface area (Å²) in [6.07, 6.45) is 0.973. The second-order valence-electron chi connectivity index (χ2n) is 5.55. The lowest BCUT2D eigenvalue weighted by Crippen LogP contribution is -2.17. The van der Waals surface area contributed by atoms with Gasteiger partial charge in [0, 0.05) is 5.02 Å². The van der Waals surface area contributed by atoms with Gasteiger partial charge < -0.3 is 4.74 Å². The number of ether oxygens (including phenoxy) is 1. The molecular formula is C18H11Cl2FN2O4S. The van der Waals surface area contributed by atoms with Crippen LogP contribution in [0.5, 0.6) is 5.75 Å². The molecule has 144 valence electrons. The highest BCUT2D eigenvalue weighted by Gasteiger charge is 2.24. The fraction of sp³-hybridized carbons (Fsp3) is 0.0556. The van der Waals surface area contributed by atoms with Gasteiger partial charge in [0.05, 0.1) is 17.0 Å². The van der Waals surface area contributed by atoms with E-state index in [0.717, 1.165) is 12.3 Å². The maximum Gasteiger partial charge on any atom is 0.364 e. The number of aromatic nitrogens is 2. The van der Waals surface area contributed by atoms with E-state index in [4.69, 9.17) is 27.9 Å². The molecular weight excluding hydrogens is 430 g/mol. The molecule has 0 radical (unpaired) electrons. The van der Waals surface area contributed by atoms with Crippen molar-refractivity contribution in [2.75, 3.05) is 0 Å². The minimum Gasteiger partial charge on any atom is -0.419 e. The van der Waals surface area contributed by atoms with Crippen molar-refractivity contribution in [1.29, 1.82) is 0 Å². The Labute approximate surface area is 169 Å². The average molecular weight is 441 g/mol. The third kappa shape index (κ3) is 4.64. The monoisotopic (exact) mass is 440 g/mol. The van der Waals surface area contributed by atoms with Crippen LogP contribution in [0.2, 0.25) is 10.0 Å². The number of carbonyl (C=O) groups excluding carboxylic acids is 1. The molecule has 0 saturated carbocycles. The minimum absolute atomic E-state index is 0.230. The second kappa shape index (κ2) is 8.22. The number of sulfone groups is 1. The van der Waals surface area contributed by atoms with Gasteiger partial charge in [0.1, 0.15) is 0 Å². The van der Waals surface area contributed by atoms with Crippen molar-refractivity contribution in [3.8, 4) is 5.75 Å². The molecule has 0 saturated heterocycles. The summed E-state index contributed by atoms with van der Waals surface area (Å²) in [5.41, 5.74) is -0.0342. The fourth-order valence-corrected chi connectivity index (χ4v) is 3.68. The van der Waals surface area contributed by atoms with Crippen LogP contribution in [-0.4, -0.2) is 24.4 Å². The molecule has 3 rings (SSSR count). The van der Waals surface area contributed by atoms with E-state index in [1.807, 2.05) is 0 Å². The van der Waals surface area contributed by atoms with Crippen LogP contribution in [0.3, 0.4) is 0 Å². The van der Waals surface area contributed by atoms with E-state index in [2.05, 4.69) is 9.97 Å². The molecule has 1 aromatic heterocycles. The Kier molecular flexibility index (Phi) is 5.93. The normalized spacial score (nSPS) is 11.2. The van der Waals surface area contributed by atoms with Gasteiger partial charge in [-0.3, -0.25) is 0 Å². The number of esters is 1. The lowest BCUT2D eigenvalue weighted by atomic mass is 10.2. The molecule has 3 aromatic rings. The van der Waals surface area contributed by atoms with Gasteiger partial charge in [-0.2, -0.15) is 0 Å². The zero-order chi connectivity index (χ0) is 20.3. The Balaban J connectivity index is 1.89. The number of para-hydroxylation sites is 1. The average Bonchev–Trinajstić information content (AvgIpc) is 2.65. The van der Waals surface area contributed by atoms with Crippen LogP contribution in [0.15, 0.2) is 59.9 Å². The summed E-state index contributed by atoms with van der Waals surface area (Å²) in [5, 5.41) is -0.374. The first-order valence-electron chi connectivity index (χ1n) is 7.73. The summed E-state index contributed by atoms with van der Waals surface area (Å²) in [7, 11) is -3.99. The lowest BCUT2D eigenvalue weighted by molar-refractivity contribution is 0.0720. The molecule has 6 nitrogen and oxygen atoms in total. The summed E-state index contributed by atoms with van der Waals surface area (Å²) in [6.45, 7) is 0. The zero-order valence-corrected chi connectivity index (χ0v) is 16.3. The minimum atomic E-state index is -3.99. The van der Waals surface area contributed by atoms with Gasteiger partial charge in [0.25, 0.3) is 0 Å². The molecule has 10 heteroatoms. The van der Waals surface area contributed by atoms with Crippen molar-refractivity contribution in [3.05, 3.63) is 81.8 Å². The van der Waals surface area contributed by atoms with Crippen molar-refractivity contribution in [2.45, 2.75) is 10.9 Å². The fourth-order valence-electron chi connectivity index (χ4n) is 2.18. The van der Waals surface area contributed by atoms with Crippen LogP contribution < -0.4 is 4.74 Å². The highest BCUT2D eigenvalue weighted by molar-refractivity contribution is 7.90. The van der Waals surface area contributed by atoms with E-state index in [9.17, 15) is 17.6 Å². The van der Waals surface area contributed by atoms with E-state index in [1.165, 1.54) is 18.2 Å². The molecule has 0 bridgehead atoms. The highest BCUT2D eigenvalue weighted by Crippen LogP contribution is 2.22. The molecule has 0 fully saturated rings. The van der Waals surface area contributed by atoms with Gasteiger partial charge >= 0.3 is 5.97 Å². The number of nitrogens with zero attached hydrogens (tertiary/aromatic N) is 2. The Morgan fingerprint density at radius 3 is 2.43 bits per heavy atom. The predicted molar refractivity (Wildman–Crippen MR) is 101 cm³/mol. The van der Waals surface area contributed by atoms with Crippen LogP contribution in [0.1, 0.15) is 16.1 Å². The first-order chi connectivity index (χ1) is 13.3. The van der Waals surface area contributed by atoms with Gasteiger partial charge in [0.15, 0.2) is 17.3 Å². The smallest absolute Gasteiger partial charge is 0.364 e. The van der Waals surface area contributed by atoms with Gasteiger partial charge in [-0.15, -0.1) is 0 Å². The number of halogens is 3. The summed E-state index contributed by atoms with van der Waals surface area (Å²) in [6, 6.07) is 11.4. The predicted octanol–water partition coefficient (Wildman–Crippen LogP) is 4.12. The van der Waals surface area contributed by atoms with Gasteiger partial charge in [-0.05, 0) is 29.8 Å². The maximum atomic E-state index is 13.7. The molecule has 0 atom stereocenters. The van der Waals surface area contributed by atoms with Crippen molar-refractivity contribution in [1.82, 2.24) is 9.97 Å². The molecule has 0 N–H and O–H groups in total. The van der Waals surface area contributed by atoms with Crippen LogP contribution in [-0.2, 0) is 15.6 Å². The quantitative estimate of drug-likeness (QED) is 0.337. The third-order valence-corrected chi connectivity index (χ3v) is 5.50. The van der Waals surface area contributed by atoms with Crippen LogP contribution in [0.25, 0.3) is 0 Å². The molecule has 0 aliphatic rings. The van der Waals surface area contributed by atoms with Gasteiger partial charge in [0.2, 0.25) is 15.0 Å². The number of hydrogen-bond donors (Lipinski definition) is 0. The Hall–Kier alpha value is -2.55. The van der Waals surface area contributed by atoms with Crippen molar-refractivity contribution in [2.24, 2.45) is 0 Å². The van der Waals surface area contributed by atoms with Crippen molar-refractivity contribution in [3.63, 3.8) is 0 Å². The van der Waals surface area contributed by atoms with Crippen LogP contribution >= 0.6 is 23.2 Å². The Morgan fingerprint density at radius 1 is 1.07 bits per heavy atom. The Morgan fingerprint density at radius 2 is 1.75 bits per heavy atom. The standard InChI is InChI=1S/C18H11Cl2FN2O4S/c19-12-7-5-11(6-8-12)10-28(25,26)18-22-9-13(20)16(23-18)17(24)27-15-4-2-1-3-14(15)21/h1-9H,10H2. The highest BCUT2D eigenvalue weighted by atomic mass is 35.5. The first-order valence-corrected chi connectivity index (χ1v) is 10.1. The largest absolute Gasteiger partial charge is 0.419 e. The first kappa shape index (κ1) is 20.2. The molecule has 0 aliphatic carbocycles. The number of carbonyl (C=O) groups is 1. The van der Waals surface area contributed by atoms with E-state index in [-0.39, 0.29) is 10.8 Å². The topological polar surface area (TPSA) is 86.2 Å². The number of rotatable bonds is 5. The van der Waals surface area contributed by atoms with E-state index in [1.54, 1.807) is 24.3 Å². The molecule has 0 spiro atoms. The number of benzene rings is 2.